The van der Waals surface area contributed by atoms with Crippen molar-refractivity contribution in [1.29, 1.82) is 0 Å². The minimum Gasteiger partial charge on any atom is -0.496 e. The van der Waals surface area contributed by atoms with E-state index in [-0.39, 0.29) is 12.0 Å². The van der Waals surface area contributed by atoms with Gasteiger partial charge in [0.1, 0.15) is 5.75 Å². The lowest BCUT2D eigenvalue weighted by atomic mass is 9.66. The summed E-state index contributed by atoms with van der Waals surface area (Å²) in [6.07, 6.45) is 5.09. The molecule has 3 atom stereocenters. The molecule has 1 aliphatic heterocycles. The van der Waals surface area contributed by atoms with Crippen molar-refractivity contribution in [2.24, 2.45) is 5.92 Å². The third kappa shape index (κ3) is 3.61. The van der Waals surface area contributed by atoms with Crippen molar-refractivity contribution in [3.05, 3.63) is 64.7 Å². The van der Waals surface area contributed by atoms with Gasteiger partial charge in [-0.25, -0.2) is 0 Å². The molecule has 27 heavy (non-hydrogen) atoms. The van der Waals surface area contributed by atoms with Gasteiger partial charge >= 0.3 is 0 Å². The summed E-state index contributed by atoms with van der Waals surface area (Å²) in [5, 5.41) is 12.2. The van der Waals surface area contributed by atoms with Gasteiger partial charge in [0, 0.05) is 35.6 Å². The summed E-state index contributed by atoms with van der Waals surface area (Å²) in [5.41, 5.74) is 1.75. The number of nitrogens with zero attached hydrogens (tertiary/aromatic N) is 1. The predicted octanol–water partition coefficient (Wildman–Crippen LogP) is 5.22. The Kier molecular flexibility index (Phi) is 5.45. The minimum absolute atomic E-state index is 0.136. The van der Waals surface area contributed by atoms with Crippen LogP contribution < -0.4 is 4.74 Å². The number of aliphatic hydroxyl groups is 1. The van der Waals surface area contributed by atoms with Crippen LogP contribution in [0.4, 0.5) is 0 Å². The number of hydrogen-bond acceptors (Lipinski definition) is 3. The Hall–Kier alpha value is -1.55. The SMILES string of the molecule is COc1ccccc1[C@@H]1[C@H]2CCCC[C@]2(O)CCN1Cc1ccccc1Cl. The Bertz CT molecular complexity index is 795. The van der Waals surface area contributed by atoms with Crippen molar-refractivity contribution in [3.8, 4) is 5.75 Å². The summed E-state index contributed by atoms with van der Waals surface area (Å²) in [6, 6.07) is 16.5. The number of halogens is 1. The zero-order valence-electron chi connectivity index (χ0n) is 15.9. The number of para-hydroxylation sites is 1. The van der Waals surface area contributed by atoms with Crippen LogP contribution in [0.1, 0.15) is 49.3 Å². The zero-order chi connectivity index (χ0) is 18.9. The molecule has 0 unspecified atom stereocenters. The normalized spacial score (nSPS) is 28.6. The van der Waals surface area contributed by atoms with E-state index in [1.54, 1.807) is 7.11 Å². The molecule has 0 amide bonds. The van der Waals surface area contributed by atoms with E-state index in [2.05, 4.69) is 23.1 Å². The van der Waals surface area contributed by atoms with Gasteiger partial charge in [-0.2, -0.15) is 0 Å². The monoisotopic (exact) mass is 385 g/mol. The number of benzene rings is 2. The highest BCUT2D eigenvalue weighted by molar-refractivity contribution is 6.31. The molecule has 1 saturated heterocycles. The minimum atomic E-state index is -0.569. The number of methoxy groups -OCH3 is 1. The van der Waals surface area contributed by atoms with E-state index in [4.69, 9.17) is 16.3 Å². The molecule has 2 aromatic rings. The molecule has 0 radical (unpaired) electrons. The lowest BCUT2D eigenvalue weighted by molar-refractivity contribution is -0.126. The summed E-state index contributed by atoms with van der Waals surface area (Å²) in [5.74, 6) is 1.13. The van der Waals surface area contributed by atoms with Crippen LogP contribution >= 0.6 is 11.6 Å². The first-order valence-electron chi connectivity index (χ1n) is 9.95. The highest BCUT2D eigenvalue weighted by Gasteiger charge is 2.49. The van der Waals surface area contributed by atoms with Crippen LogP contribution in [0.5, 0.6) is 5.75 Å². The van der Waals surface area contributed by atoms with Crippen LogP contribution in [0.3, 0.4) is 0 Å². The molecular formula is C23H28ClNO2. The van der Waals surface area contributed by atoms with E-state index >= 15 is 0 Å². The zero-order valence-corrected chi connectivity index (χ0v) is 16.7. The second-order valence-electron chi connectivity index (χ2n) is 7.95. The average Bonchev–Trinajstić information content (AvgIpc) is 2.69. The lowest BCUT2D eigenvalue weighted by Crippen LogP contribution is -2.54. The average molecular weight is 386 g/mol. The van der Waals surface area contributed by atoms with E-state index in [1.807, 2.05) is 30.3 Å². The molecule has 4 heteroatoms. The molecule has 144 valence electrons. The Morgan fingerprint density at radius 1 is 1.11 bits per heavy atom. The van der Waals surface area contributed by atoms with Crippen LogP contribution in [0.25, 0.3) is 0 Å². The van der Waals surface area contributed by atoms with Crippen LogP contribution in [-0.2, 0) is 6.54 Å². The van der Waals surface area contributed by atoms with Crippen LogP contribution in [0, 0.1) is 5.92 Å². The van der Waals surface area contributed by atoms with Crippen LogP contribution in [0.15, 0.2) is 48.5 Å². The van der Waals surface area contributed by atoms with Gasteiger partial charge in [0.2, 0.25) is 0 Å². The maximum Gasteiger partial charge on any atom is 0.123 e. The van der Waals surface area contributed by atoms with Crippen molar-refractivity contribution in [2.75, 3.05) is 13.7 Å². The Labute approximate surface area is 166 Å². The number of fused-ring (bicyclic) bond motifs is 1. The molecule has 1 heterocycles. The van der Waals surface area contributed by atoms with Crippen LogP contribution in [-0.4, -0.2) is 29.3 Å². The van der Waals surface area contributed by atoms with E-state index in [9.17, 15) is 5.11 Å². The molecule has 3 nitrogen and oxygen atoms in total. The highest BCUT2D eigenvalue weighted by atomic mass is 35.5. The molecule has 4 rings (SSSR count). The maximum atomic E-state index is 11.4. The summed E-state index contributed by atoms with van der Waals surface area (Å²) in [7, 11) is 1.73. The molecular weight excluding hydrogens is 358 g/mol. The largest absolute Gasteiger partial charge is 0.496 e. The molecule has 1 saturated carbocycles. The number of ether oxygens (including phenoxy) is 1. The van der Waals surface area contributed by atoms with Gasteiger partial charge in [0.05, 0.1) is 12.7 Å². The van der Waals surface area contributed by atoms with Gasteiger partial charge in [0.25, 0.3) is 0 Å². The fourth-order valence-corrected chi connectivity index (χ4v) is 5.28. The molecule has 2 aliphatic rings. The molecule has 1 aliphatic carbocycles. The van der Waals surface area contributed by atoms with Crippen LogP contribution in [0.2, 0.25) is 5.02 Å². The number of hydrogen-bond donors (Lipinski definition) is 1. The highest BCUT2D eigenvalue weighted by Crippen LogP contribution is 2.51. The van der Waals surface area contributed by atoms with Gasteiger partial charge in [0.15, 0.2) is 0 Å². The van der Waals surface area contributed by atoms with Crippen molar-refractivity contribution < 1.29 is 9.84 Å². The van der Waals surface area contributed by atoms with Gasteiger partial charge in [-0.15, -0.1) is 0 Å². The number of likely N-dealkylation sites (tertiary alicyclic amines) is 1. The van der Waals surface area contributed by atoms with E-state index < -0.39 is 5.60 Å². The van der Waals surface area contributed by atoms with Gasteiger partial charge in [-0.3, -0.25) is 4.90 Å². The predicted molar refractivity (Wildman–Crippen MR) is 109 cm³/mol. The lowest BCUT2D eigenvalue weighted by Gasteiger charge is -2.53. The van der Waals surface area contributed by atoms with Crippen molar-refractivity contribution in [2.45, 2.75) is 50.3 Å². The molecule has 2 aromatic carbocycles. The summed E-state index contributed by atoms with van der Waals surface area (Å²) < 4.78 is 5.70. The fourth-order valence-electron chi connectivity index (χ4n) is 5.09. The molecule has 1 N–H and O–H groups in total. The first-order chi connectivity index (χ1) is 13.1. The van der Waals surface area contributed by atoms with E-state index in [0.29, 0.717) is 0 Å². The number of piperidine rings is 1. The third-order valence-corrected chi connectivity index (χ3v) is 6.83. The van der Waals surface area contributed by atoms with E-state index in [0.717, 1.165) is 55.1 Å². The third-order valence-electron chi connectivity index (χ3n) is 6.46. The first kappa shape index (κ1) is 18.8. The second-order valence-corrected chi connectivity index (χ2v) is 8.36. The van der Waals surface area contributed by atoms with Crippen molar-refractivity contribution in [3.63, 3.8) is 0 Å². The van der Waals surface area contributed by atoms with Gasteiger partial charge in [-0.05, 0) is 37.0 Å². The Morgan fingerprint density at radius 3 is 2.70 bits per heavy atom. The van der Waals surface area contributed by atoms with Gasteiger partial charge < -0.3 is 9.84 Å². The van der Waals surface area contributed by atoms with Crippen molar-refractivity contribution in [1.82, 2.24) is 4.90 Å². The summed E-state index contributed by atoms with van der Waals surface area (Å²) in [4.78, 5) is 2.49. The van der Waals surface area contributed by atoms with Crippen molar-refractivity contribution >= 4 is 11.6 Å². The fraction of sp³-hybridized carbons (Fsp3) is 0.478. The summed E-state index contributed by atoms with van der Waals surface area (Å²) >= 11 is 6.46. The van der Waals surface area contributed by atoms with E-state index in [1.165, 1.54) is 12.0 Å². The Balaban J connectivity index is 1.74. The Morgan fingerprint density at radius 2 is 1.89 bits per heavy atom. The second kappa shape index (κ2) is 7.83. The molecule has 0 aromatic heterocycles. The first-order valence-corrected chi connectivity index (χ1v) is 10.3. The topological polar surface area (TPSA) is 32.7 Å². The number of rotatable bonds is 4. The molecule has 2 fully saturated rings. The van der Waals surface area contributed by atoms with Gasteiger partial charge in [-0.1, -0.05) is 60.8 Å². The quantitative estimate of drug-likeness (QED) is 0.783. The smallest absolute Gasteiger partial charge is 0.123 e. The molecule has 0 spiro atoms. The standard InChI is InChI=1S/C23H28ClNO2/c1-27-21-12-5-3-9-18(21)22-19-10-6-7-13-23(19,26)14-15-25(22)16-17-8-2-4-11-20(17)24/h2-5,8-9,11-12,19,22,26H,6-7,10,13-16H2,1H3/t19-,22-,23+/m1/s1. The summed E-state index contributed by atoms with van der Waals surface area (Å²) in [6.45, 7) is 1.65. The maximum absolute atomic E-state index is 11.4. The molecule has 0 bridgehead atoms.